The van der Waals surface area contributed by atoms with Gasteiger partial charge in [0.05, 0.1) is 5.69 Å². The van der Waals surface area contributed by atoms with Crippen molar-refractivity contribution in [2.24, 2.45) is 0 Å². The van der Waals surface area contributed by atoms with Crippen LogP contribution in [0.4, 0.5) is 5.13 Å². The molecule has 0 amide bonds. The molecule has 4 heteroatoms. The molecule has 88 valence electrons. The molecule has 2 N–H and O–H groups in total. The number of rotatable bonds is 4. The molecule has 0 saturated heterocycles. The lowest BCUT2D eigenvalue weighted by Gasteiger charge is -2.13. The van der Waals surface area contributed by atoms with Gasteiger partial charge in [-0.25, -0.2) is 4.98 Å². The van der Waals surface area contributed by atoms with Gasteiger partial charge >= 0.3 is 0 Å². The van der Waals surface area contributed by atoms with E-state index in [4.69, 9.17) is 0 Å². The van der Waals surface area contributed by atoms with Crippen molar-refractivity contribution >= 4 is 16.5 Å². The lowest BCUT2D eigenvalue weighted by atomic mass is 10.1. The third kappa shape index (κ3) is 3.06. The maximum Gasteiger partial charge on any atom is 0.183 e. The Hall–Kier alpha value is -0.870. The fourth-order valence-electron chi connectivity index (χ4n) is 1.77. The van der Waals surface area contributed by atoms with Crippen LogP contribution in [0.25, 0.3) is 0 Å². The summed E-state index contributed by atoms with van der Waals surface area (Å²) in [4.78, 5) is 5.78. The largest absolute Gasteiger partial charge is 0.361 e. The predicted molar refractivity (Wildman–Crippen MR) is 70.3 cm³/mol. The number of hydrogen-bond acceptors (Lipinski definition) is 4. The minimum absolute atomic E-state index is 0.998. The van der Waals surface area contributed by atoms with E-state index in [9.17, 15) is 0 Å². The molecule has 2 heterocycles. The first-order chi connectivity index (χ1) is 7.75. The van der Waals surface area contributed by atoms with Crippen molar-refractivity contribution < 1.29 is 0 Å². The van der Waals surface area contributed by atoms with E-state index in [0.29, 0.717) is 0 Å². The van der Waals surface area contributed by atoms with Gasteiger partial charge in [-0.2, -0.15) is 0 Å². The number of hydrogen-bond donors (Lipinski definition) is 2. The van der Waals surface area contributed by atoms with Gasteiger partial charge in [0, 0.05) is 18.0 Å². The van der Waals surface area contributed by atoms with E-state index in [1.165, 1.54) is 11.3 Å². The molecular weight excluding hydrogens is 218 g/mol. The number of anilines is 1. The van der Waals surface area contributed by atoms with E-state index in [1.807, 2.05) is 0 Å². The van der Waals surface area contributed by atoms with Crippen LogP contribution >= 0.6 is 11.3 Å². The van der Waals surface area contributed by atoms with Crippen LogP contribution in [0.1, 0.15) is 23.4 Å². The van der Waals surface area contributed by atoms with Gasteiger partial charge in [0.1, 0.15) is 0 Å². The molecule has 0 spiro atoms. The van der Waals surface area contributed by atoms with Gasteiger partial charge in [0.15, 0.2) is 5.13 Å². The number of nitrogens with one attached hydrogen (secondary N) is 2. The van der Waals surface area contributed by atoms with Gasteiger partial charge in [-0.1, -0.05) is 11.6 Å². The van der Waals surface area contributed by atoms with E-state index < -0.39 is 0 Å². The lowest BCUT2D eigenvalue weighted by molar-refractivity contribution is 0.683. The van der Waals surface area contributed by atoms with Crippen molar-refractivity contribution in [3.05, 3.63) is 22.2 Å². The fraction of sp³-hybridized carbons (Fsp3) is 0.583. The fourth-order valence-corrected chi connectivity index (χ4v) is 2.62. The zero-order chi connectivity index (χ0) is 11.4. The third-order valence-electron chi connectivity index (χ3n) is 2.91. The molecule has 1 aromatic rings. The maximum absolute atomic E-state index is 4.47. The Morgan fingerprint density at radius 2 is 2.38 bits per heavy atom. The number of aryl methyl sites for hydroxylation is 2. The molecule has 0 bridgehead atoms. The minimum Gasteiger partial charge on any atom is -0.361 e. The molecule has 0 atom stereocenters. The average molecular weight is 237 g/mol. The van der Waals surface area contributed by atoms with Crippen molar-refractivity contribution in [1.82, 2.24) is 10.3 Å². The summed E-state index contributed by atoms with van der Waals surface area (Å²) in [6, 6.07) is 0. The van der Waals surface area contributed by atoms with E-state index in [-0.39, 0.29) is 0 Å². The van der Waals surface area contributed by atoms with Crippen LogP contribution in [0.3, 0.4) is 0 Å². The second kappa shape index (κ2) is 5.46. The van der Waals surface area contributed by atoms with E-state index in [0.717, 1.165) is 36.9 Å². The Labute approximate surface area is 101 Å². The zero-order valence-corrected chi connectivity index (χ0v) is 10.8. The van der Waals surface area contributed by atoms with Crippen LogP contribution in [0.2, 0.25) is 0 Å². The molecule has 0 fully saturated rings. The molecule has 0 aliphatic carbocycles. The van der Waals surface area contributed by atoms with Crippen molar-refractivity contribution in [1.29, 1.82) is 0 Å². The van der Waals surface area contributed by atoms with E-state index in [2.05, 4.69) is 35.5 Å². The predicted octanol–water partition coefficient (Wildman–Crippen LogP) is 2.48. The van der Waals surface area contributed by atoms with Gasteiger partial charge in [-0.05, 0) is 33.2 Å². The first-order valence-corrected chi connectivity index (χ1v) is 6.64. The highest BCUT2D eigenvalue weighted by Crippen LogP contribution is 2.21. The second-order valence-electron chi connectivity index (χ2n) is 4.15. The van der Waals surface area contributed by atoms with Crippen LogP contribution in [0, 0.1) is 13.8 Å². The van der Waals surface area contributed by atoms with Gasteiger partial charge in [0.25, 0.3) is 0 Å². The zero-order valence-electron chi connectivity index (χ0n) is 9.97. The van der Waals surface area contributed by atoms with Crippen LogP contribution in [-0.4, -0.2) is 24.6 Å². The van der Waals surface area contributed by atoms with Crippen LogP contribution in [0.15, 0.2) is 11.6 Å². The first-order valence-electron chi connectivity index (χ1n) is 5.82. The molecule has 1 aliphatic heterocycles. The summed E-state index contributed by atoms with van der Waals surface area (Å²) >= 11 is 1.75. The Morgan fingerprint density at radius 3 is 3.00 bits per heavy atom. The summed E-state index contributed by atoms with van der Waals surface area (Å²) in [6.07, 6.45) is 4.64. The quantitative estimate of drug-likeness (QED) is 0.790. The highest BCUT2D eigenvalue weighted by atomic mass is 32.1. The van der Waals surface area contributed by atoms with Crippen LogP contribution < -0.4 is 10.6 Å². The third-order valence-corrected chi connectivity index (χ3v) is 3.94. The average Bonchev–Trinajstić information content (AvgIpc) is 2.60. The molecule has 0 radical (unpaired) electrons. The summed E-state index contributed by atoms with van der Waals surface area (Å²) in [5.74, 6) is 0. The van der Waals surface area contributed by atoms with Crippen molar-refractivity contribution in [2.45, 2.75) is 26.7 Å². The van der Waals surface area contributed by atoms with E-state index >= 15 is 0 Å². The van der Waals surface area contributed by atoms with Gasteiger partial charge in [0.2, 0.25) is 0 Å². The highest BCUT2D eigenvalue weighted by molar-refractivity contribution is 7.15. The Morgan fingerprint density at radius 1 is 1.50 bits per heavy atom. The number of nitrogens with zero attached hydrogens (tertiary/aromatic N) is 1. The molecule has 0 aromatic carbocycles. The second-order valence-corrected chi connectivity index (χ2v) is 5.36. The molecular formula is C12H19N3S. The van der Waals surface area contributed by atoms with Crippen molar-refractivity contribution in [2.75, 3.05) is 25.0 Å². The summed E-state index contributed by atoms with van der Waals surface area (Å²) < 4.78 is 0. The van der Waals surface area contributed by atoms with Crippen molar-refractivity contribution in [3.63, 3.8) is 0 Å². The Kier molecular flexibility index (Phi) is 3.96. The van der Waals surface area contributed by atoms with Crippen LogP contribution in [0.5, 0.6) is 0 Å². The van der Waals surface area contributed by atoms with Gasteiger partial charge < -0.3 is 10.6 Å². The summed E-state index contributed by atoms with van der Waals surface area (Å²) in [7, 11) is 0. The topological polar surface area (TPSA) is 37.0 Å². The smallest absolute Gasteiger partial charge is 0.183 e. The SMILES string of the molecule is Cc1nc(NCCC2=CCNCC2)sc1C. The lowest BCUT2D eigenvalue weighted by Crippen LogP contribution is -2.21. The van der Waals surface area contributed by atoms with Gasteiger partial charge in [-0.3, -0.25) is 0 Å². The van der Waals surface area contributed by atoms with E-state index in [1.54, 1.807) is 16.9 Å². The van der Waals surface area contributed by atoms with Crippen molar-refractivity contribution in [3.8, 4) is 0 Å². The maximum atomic E-state index is 4.47. The molecule has 0 unspecified atom stereocenters. The number of thiazole rings is 1. The standard InChI is InChI=1S/C12H19N3S/c1-9-10(2)16-12(15-9)14-8-5-11-3-6-13-7-4-11/h3,13H,4-8H2,1-2H3,(H,14,15). The Bertz CT molecular complexity index is 362. The van der Waals surface area contributed by atoms with Crippen LogP contribution in [-0.2, 0) is 0 Å². The first kappa shape index (κ1) is 11.6. The molecule has 1 aromatic heterocycles. The Balaban J connectivity index is 1.77. The summed E-state index contributed by atoms with van der Waals surface area (Å²) in [5, 5.41) is 7.79. The number of aromatic nitrogens is 1. The molecule has 16 heavy (non-hydrogen) atoms. The monoisotopic (exact) mass is 237 g/mol. The summed E-state index contributed by atoms with van der Waals surface area (Å²) in [6.45, 7) is 7.34. The normalized spacial score (nSPS) is 16.0. The highest BCUT2D eigenvalue weighted by Gasteiger charge is 2.04. The molecule has 2 rings (SSSR count). The molecule has 0 saturated carbocycles. The van der Waals surface area contributed by atoms with Gasteiger partial charge in [-0.15, -0.1) is 11.3 Å². The molecule has 1 aliphatic rings. The minimum atomic E-state index is 0.998. The summed E-state index contributed by atoms with van der Waals surface area (Å²) in [5.41, 5.74) is 2.71. The molecule has 3 nitrogen and oxygen atoms in total.